The van der Waals surface area contributed by atoms with Crippen LogP contribution in [0.5, 0.6) is 0 Å². The Balaban J connectivity index is 2.03. The third-order valence-electron chi connectivity index (χ3n) is 2.87. The summed E-state index contributed by atoms with van der Waals surface area (Å²) in [4.78, 5) is 33.6. The molecule has 5 heteroatoms. The molecule has 0 bridgehead atoms. The van der Waals surface area contributed by atoms with Gasteiger partial charge in [-0.05, 0) is 37.6 Å². The second-order valence-corrected chi connectivity index (χ2v) is 4.28. The smallest absolute Gasteiger partial charge is 0.249 e. The normalized spacial score (nSPS) is 19.3. The topological polar surface area (TPSA) is 75.3 Å². The minimum Gasteiger partial charge on any atom is -0.374 e. The molecule has 94 valence electrons. The van der Waals surface area contributed by atoms with Crippen molar-refractivity contribution >= 4 is 23.3 Å². The summed E-state index contributed by atoms with van der Waals surface area (Å²) in [6.07, 6.45) is 0.827. The predicted molar refractivity (Wildman–Crippen MR) is 66.2 cm³/mol. The molecule has 0 spiro atoms. The van der Waals surface area contributed by atoms with Gasteiger partial charge in [-0.15, -0.1) is 0 Å². The first-order chi connectivity index (χ1) is 8.56. The molecular formula is C13H14N2O3. The van der Waals surface area contributed by atoms with Crippen molar-refractivity contribution in [3.63, 3.8) is 0 Å². The van der Waals surface area contributed by atoms with Crippen molar-refractivity contribution in [1.29, 1.82) is 0 Å². The number of carbonyl (C=O) groups is 3. The van der Waals surface area contributed by atoms with E-state index in [1.807, 2.05) is 0 Å². The van der Waals surface area contributed by atoms with Crippen molar-refractivity contribution in [3.05, 3.63) is 29.8 Å². The van der Waals surface area contributed by atoms with Gasteiger partial charge in [0, 0.05) is 17.7 Å². The third-order valence-corrected chi connectivity index (χ3v) is 2.87. The van der Waals surface area contributed by atoms with E-state index in [9.17, 15) is 14.4 Å². The van der Waals surface area contributed by atoms with Crippen LogP contribution in [0.2, 0.25) is 0 Å². The third kappa shape index (κ3) is 2.74. The first-order valence-electron chi connectivity index (χ1n) is 5.77. The number of amides is 2. The second-order valence-electron chi connectivity index (χ2n) is 4.28. The highest BCUT2D eigenvalue weighted by Gasteiger charge is 2.26. The van der Waals surface area contributed by atoms with Crippen LogP contribution in [0.15, 0.2) is 24.3 Å². The van der Waals surface area contributed by atoms with Crippen molar-refractivity contribution < 1.29 is 14.4 Å². The number of rotatable bonds is 3. The monoisotopic (exact) mass is 246 g/mol. The average Bonchev–Trinajstić information content (AvgIpc) is 2.33. The predicted octanol–water partition coefficient (Wildman–Crippen LogP) is 1.11. The molecule has 0 saturated carbocycles. The van der Waals surface area contributed by atoms with E-state index in [2.05, 4.69) is 10.6 Å². The number of imide groups is 1. The molecule has 2 N–H and O–H groups in total. The molecule has 1 aliphatic heterocycles. The number of anilines is 1. The number of benzene rings is 1. The summed E-state index contributed by atoms with van der Waals surface area (Å²) in [5, 5.41) is 5.33. The summed E-state index contributed by atoms with van der Waals surface area (Å²) < 4.78 is 0. The van der Waals surface area contributed by atoms with Gasteiger partial charge >= 0.3 is 0 Å². The fourth-order valence-corrected chi connectivity index (χ4v) is 1.83. The lowest BCUT2D eigenvalue weighted by atomic mass is 10.1. The molecule has 1 aromatic carbocycles. The molecule has 0 radical (unpaired) electrons. The molecule has 18 heavy (non-hydrogen) atoms. The van der Waals surface area contributed by atoms with Crippen LogP contribution in [-0.4, -0.2) is 23.6 Å². The Bertz CT molecular complexity index is 493. The Morgan fingerprint density at radius 3 is 2.50 bits per heavy atom. The van der Waals surface area contributed by atoms with Gasteiger partial charge in [-0.1, -0.05) is 0 Å². The minimum absolute atomic E-state index is 0.00237. The van der Waals surface area contributed by atoms with Crippen LogP contribution >= 0.6 is 0 Å². The zero-order valence-electron chi connectivity index (χ0n) is 10.0. The minimum atomic E-state index is -0.397. The molecule has 1 unspecified atom stereocenters. The summed E-state index contributed by atoms with van der Waals surface area (Å²) >= 11 is 0. The van der Waals surface area contributed by atoms with Gasteiger partial charge in [0.15, 0.2) is 5.78 Å². The van der Waals surface area contributed by atoms with Crippen LogP contribution in [0.3, 0.4) is 0 Å². The van der Waals surface area contributed by atoms with Gasteiger partial charge in [-0.25, -0.2) is 0 Å². The summed E-state index contributed by atoms with van der Waals surface area (Å²) in [6, 6.07) is 6.51. The molecule has 1 atom stereocenters. The Labute approximate surface area is 105 Å². The molecule has 1 fully saturated rings. The van der Waals surface area contributed by atoms with Crippen molar-refractivity contribution in [2.45, 2.75) is 25.8 Å². The Morgan fingerprint density at radius 2 is 1.94 bits per heavy atom. The lowest BCUT2D eigenvalue weighted by Crippen LogP contribution is -2.47. The van der Waals surface area contributed by atoms with Crippen LogP contribution in [-0.2, 0) is 9.59 Å². The summed E-state index contributed by atoms with van der Waals surface area (Å²) in [5.74, 6) is -0.533. The van der Waals surface area contributed by atoms with Gasteiger partial charge in [0.1, 0.15) is 6.04 Å². The number of Topliss-reactive ketones (excluding diaryl/α,β-unsaturated/α-hetero) is 1. The second kappa shape index (κ2) is 5.00. The zero-order chi connectivity index (χ0) is 13.1. The number of piperidine rings is 1. The Morgan fingerprint density at radius 1 is 1.28 bits per heavy atom. The molecule has 0 aliphatic carbocycles. The van der Waals surface area contributed by atoms with Crippen LogP contribution < -0.4 is 10.6 Å². The summed E-state index contributed by atoms with van der Waals surface area (Å²) in [5.41, 5.74) is 1.39. The van der Waals surface area contributed by atoms with E-state index in [1.54, 1.807) is 24.3 Å². The molecule has 1 saturated heterocycles. The van der Waals surface area contributed by atoms with Crippen molar-refractivity contribution in [1.82, 2.24) is 5.32 Å². The van der Waals surface area contributed by atoms with Gasteiger partial charge < -0.3 is 5.32 Å². The van der Waals surface area contributed by atoms with E-state index in [1.165, 1.54) is 6.92 Å². The summed E-state index contributed by atoms with van der Waals surface area (Å²) in [6.45, 7) is 1.50. The maximum absolute atomic E-state index is 11.5. The van der Waals surface area contributed by atoms with Gasteiger partial charge in [-0.3, -0.25) is 19.7 Å². The highest BCUT2D eigenvalue weighted by atomic mass is 16.2. The molecule has 2 amide bonds. The molecular weight excluding hydrogens is 232 g/mol. The first-order valence-corrected chi connectivity index (χ1v) is 5.77. The van der Waals surface area contributed by atoms with E-state index in [4.69, 9.17) is 0 Å². The van der Waals surface area contributed by atoms with Crippen molar-refractivity contribution in [3.8, 4) is 0 Å². The lowest BCUT2D eigenvalue weighted by Gasteiger charge is -2.22. The van der Waals surface area contributed by atoms with E-state index >= 15 is 0 Å². The highest BCUT2D eigenvalue weighted by molar-refractivity contribution is 6.01. The van der Waals surface area contributed by atoms with E-state index in [0.29, 0.717) is 18.4 Å². The first kappa shape index (κ1) is 12.3. The fourth-order valence-electron chi connectivity index (χ4n) is 1.83. The Kier molecular flexibility index (Phi) is 3.41. The average molecular weight is 246 g/mol. The lowest BCUT2D eigenvalue weighted by molar-refractivity contribution is -0.133. The van der Waals surface area contributed by atoms with Gasteiger partial charge in [0.05, 0.1) is 0 Å². The Hall–Kier alpha value is -2.17. The van der Waals surface area contributed by atoms with Gasteiger partial charge in [-0.2, -0.15) is 0 Å². The van der Waals surface area contributed by atoms with E-state index in [-0.39, 0.29) is 17.6 Å². The summed E-state index contributed by atoms with van der Waals surface area (Å²) in [7, 11) is 0. The number of hydrogen-bond acceptors (Lipinski definition) is 4. The number of hydrogen-bond donors (Lipinski definition) is 2. The SMILES string of the molecule is CC(=O)c1ccc(NC2CCC(=O)NC2=O)cc1. The zero-order valence-corrected chi connectivity index (χ0v) is 10.0. The standard InChI is InChI=1S/C13H14N2O3/c1-8(16)9-2-4-10(5-3-9)14-11-6-7-12(17)15-13(11)18/h2-5,11,14H,6-7H2,1H3,(H,15,17,18). The van der Waals surface area contributed by atoms with Gasteiger partial charge in [0.25, 0.3) is 0 Å². The van der Waals surface area contributed by atoms with Crippen LogP contribution in [0.4, 0.5) is 5.69 Å². The molecule has 1 aliphatic rings. The van der Waals surface area contributed by atoms with Crippen LogP contribution in [0, 0.1) is 0 Å². The van der Waals surface area contributed by atoms with Crippen LogP contribution in [0.1, 0.15) is 30.1 Å². The molecule has 0 aromatic heterocycles. The molecule has 1 heterocycles. The fraction of sp³-hybridized carbons (Fsp3) is 0.308. The molecule has 1 aromatic rings. The molecule has 2 rings (SSSR count). The van der Waals surface area contributed by atoms with E-state index in [0.717, 1.165) is 5.69 Å². The van der Waals surface area contributed by atoms with Crippen LogP contribution in [0.25, 0.3) is 0 Å². The maximum atomic E-state index is 11.5. The largest absolute Gasteiger partial charge is 0.374 e. The number of carbonyl (C=O) groups excluding carboxylic acids is 3. The van der Waals surface area contributed by atoms with Gasteiger partial charge in [0.2, 0.25) is 11.8 Å². The number of ketones is 1. The van der Waals surface area contributed by atoms with Crippen molar-refractivity contribution in [2.24, 2.45) is 0 Å². The van der Waals surface area contributed by atoms with Crippen molar-refractivity contribution in [2.75, 3.05) is 5.32 Å². The maximum Gasteiger partial charge on any atom is 0.249 e. The molecule has 5 nitrogen and oxygen atoms in total. The quantitative estimate of drug-likeness (QED) is 0.618. The number of nitrogens with one attached hydrogen (secondary N) is 2. The van der Waals surface area contributed by atoms with E-state index < -0.39 is 6.04 Å². The highest BCUT2D eigenvalue weighted by Crippen LogP contribution is 2.15.